The van der Waals surface area contributed by atoms with Crippen LogP contribution in [0.5, 0.6) is 0 Å². The Balaban J connectivity index is 1.87. The molecule has 1 aromatic rings. The molecule has 1 aliphatic carbocycles. The van der Waals surface area contributed by atoms with Gasteiger partial charge in [0.15, 0.2) is 0 Å². The van der Waals surface area contributed by atoms with Gasteiger partial charge in [0.1, 0.15) is 0 Å². The minimum absolute atomic E-state index is 0.176. The van der Waals surface area contributed by atoms with E-state index in [1.807, 2.05) is 6.07 Å². The lowest BCUT2D eigenvalue weighted by Gasteiger charge is -2.11. The summed E-state index contributed by atoms with van der Waals surface area (Å²) in [6.45, 7) is 0.200. The number of benzene rings is 1. The van der Waals surface area contributed by atoms with Crippen molar-refractivity contribution in [3.05, 3.63) is 34.9 Å². The minimum Gasteiger partial charge on any atom is -0.481 e. The van der Waals surface area contributed by atoms with Crippen LogP contribution in [-0.2, 0) is 16.0 Å². The van der Waals surface area contributed by atoms with E-state index >= 15 is 0 Å². The number of carboxylic acid groups (broad SMARTS) is 1. The van der Waals surface area contributed by atoms with Gasteiger partial charge in [0.05, 0.1) is 11.8 Å². The third kappa shape index (κ3) is 2.82. The second kappa shape index (κ2) is 4.98. The van der Waals surface area contributed by atoms with E-state index in [1.165, 1.54) is 0 Å². The highest BCUT2D eigenvalue weighted by molar-refractivity contribution is 6.31. The standard InChI is InChI=1S/C13H14ClNO3/c14-10-4-2-1-3-9(10)7-11(16)15-8-13(5-6-13)12(17)18/h1-4H,5-8H2,(H,15,16)(H,17,18). The zero-order valence-electron chi connectivity index (χ0n) is 9.78. The molecule has 0 unspecified atom stereocenters. The van der Waals surface area contributed by atoms with E-state index in [0.29, 0.717) is 17.9 Å². The van der Waals surface area contributed by atoms with Crippen LogP contribution in [0.1, 0.15) is 18.4 Å². The summed E-state index contributed by atoms with van der Waals surface area (Å²) < 4.78 is 0. The van der Waals surface area contributed by atoms with Gasteiger partial charge in [0.2, 0.25) is 5.91 Å². The van der Waals surface area contributed by atoms with E-state index < -0.39 is 11.4 Å². The molecule has 4 nitrogen and oxygen atoms in total. The summed E-state index contributed by atoms with van der Waals surface area (Å²) in [6.07, 6.45) is 1.44. The largest absolute Gasteiger partial charge is 0.481 e. The molecule has 2 rings (SSSR count). The summed E-state index contributed by atoms with van der Waals surface area (Å²) in [5, 5.41) is 12.2. The summed E-state index contributed by atoms with van der Waals surface area (Å²) in [5.41, 5.74) is 0.0210. The number of hydrogen-bond donors (Lipinski definition) is 2. The fraction of sp³-hybridized carbons (Fsp3) is 0.385. The molecule has 5 heteroatoms. The monoisotopic (exact) mass is 267 g/mol. The number of carbonyl (C=O) groups is 2. The molecule has 0 aliphatic heterocycles. The normalized spacial score (nSPS) is 16.1. The van der Waals surface area contributed by atoms with E-state index in [9.17, 15) is 9.59 Å². The smallest absolute Gasteiger partial charge is 0.311 e. The topological polar surface area (TPSA) is 66.4 Å². The molecular weight excluding hydrogens is 254 g/mol. The molecule has 0 heterocycles. The lowest BCUT2D eigenvalue weighted by Crippen LogP contribution is -2.35. The molecule has 0 radical (unpaired) electrons. The van der Waals surface area contributed by atoms with Gasteiger partial charge in [0, 0.05) is 11.6 Å². The Morgan fingerprint density at radius 2 is 2.00 bits per heavy atom. The molecule has 0 bridgehead atoms. The molecule has 0 atom stereocenters. The first kappa shape index (κ1) is 12.9. The van der Waals surface area contributed by atoms with Crippen molar-refractivity contribution in [3.8, 4) is 0 Å². The third-order valence-electron chi connectivity index (χ3n) is 3.24. The molecule has 18 heavy (non-hydrogen) atoms. The van der Waals surface area contributed by atoms with E-state index in [0.717, 1.165) is 5.56 Å². The Kier molecular flexibility index (Phi) is 3.57. The van der Waals surface area contributed by atoms with Crippen LogP contribution < -0.4 is 5.32 Å². The molecule has 1 aliphatic rings. The van der Waals surface area contributed by atoms with Gasteiger partial charge in [0.25, 0.3) is 0 Å². The number of halogens is 1. The number of carbonyl (C=O) groups excluding carboxylic acids is 1. The lowest BCUT2D eigenvalue weighted by molar-refractivity contribution is -0.143. The molecule has 1 amide bonds. The lowest BCUT2D eigenvalue weighted by atomic mass is 10.1. The van der Waals surface area contributed by atoms with Gasteiger partial charge in [-0.3, -0.25) is 9.59 Å². The molecule has 0 spiro atoms. The highest BCUT2D eigenvalue weighted by atomic mass is 35.5. The van der Waals surface area contributed by atoms with Gasteiger partial charge in [-0.1, -0.05) is 29.8 Å². The molecule has 1 aromatic carbocycles. The van der Waals surface area contributed by atoms with Crippen LogP contribution in [0.15, 0.2) is 24.3 Å². The first-order chi connectivity index (χ1) is 8.53. The highest BCUT2D eigenvalue weighted by Crippen LogP contribution is 2.45. The van der Waals surface area contributed by atoms with Gasteiger partial charge in [-0.15, -0.1) is 0 Å². The zero-order chi connectivity index (χ0) is 13.2. The van der Waals surface area contributed by atoms with Crippen molar-refractivity contribution < 1.29 is 14.7 Å². The van der Waals surface area contributed by atoms with E-state index in [-0.39, 0.29) is 18.9 Å². The van der Waals surface area contributed by atoms with Crippen LogP contribution in [0.2, 0.25) is 5.02 Å². The van der Waals surface area contributed by atoms with Crippen LogP contribution in [0.4, 0.5) is 0 Å². The summed E-state index contributed by atoms with van der Waals surface area (Å²) in [4.78, 5) is 22.6. The predicted molar refractivity (Wildman–Crippen MR) is 67.5 cm³/mol. The minimum atomic E-state index is -0.833. The maximum absolute atomic E-state index is 11.7. The molecule has 1 fully saturated rings. The van der Waals surface area contributed by atoms with Gasteiger partial charge in [-0.05, 0) is 24.5 Å². The Bertz CT molecular complexity index is 483. The Labute approximate surface area is 110 Å². The molecule has 96 valence electrons. The van der Waals surface area contributed by atoms with Gasteiger partial charge < -0.3 is 10.4 Å². The molecule has 1 saturated carbocycles. The fourth-order valence-electron chi connectivity index (χ4n) is 1.76. The summed E-state index contributed by atoms with van der Waals surface area (Å²) >= 11 is 5.95. The Morgan fingerprint density at radius 1 is 1.33 bits per heavy atom. The highest BCUT2D eigenvalue weighted by Gasteiger charge is 2.50. The first-order valence-electron chi connectivity index (χ1n) is 5.77. The number of nitrogens with one attached hydrogen (secondary N) is 1. The molecule has 0 aromatic heterocycles. The van der Waals surface area contributed by atoms with Crippen LogP contribution in [0.3, 0.4) is 0 Å². The van der Waals surface area contributed by atoms with Crippen molar-refractivity contribution in [2.45, 2.75) is 19.3 Å². The second-order valence-electron chi connectivity index (χ2n) is 4.63. The van der Waals surface area contributed by atoms with Crippen molar-refractivity contribution in [2.24, 2.45) is 5.41 Å². The third-order valence-corrected chi connectivity index (χ3v) is 3.61. The average molecular weight is 268 g/mol. The predicted octanol–water partition coefficient (Wildman–Crippen LogP) is 1.86. The van der Waals surface area contributed by atoms with Crippen LogP contribution in [-0.4, -0.2) is 23.5 Å². The van der Waals surface area contributed by atoms with E-state index in [4.69, 9.17) is 16.7 Å². The first-order valence-corrected chi connectivity index (χ1v) is 6.15. The van der Waals surface area contributed by atoms with Gasteiger partial charge >= 0.3 is 5.97 Å². The summed E-state index contributed by atoms with van der Waals surface area (Å²) in [6, 6.07) is 7.12. The van der Waals surface area contributed by atoms with Crippen molar-refractivity contribution >= 4 is 23.5 Å². The van der Waals surface area contributed by atoms with Crippen molar-refractivity contribution in [1.29, 1.82) is 0 Å². The zero-order valence-corrected chi connectivity index (χ0v) is 10.5. The van der Waals surface area contributed by atoms with Crippen molar-refractivity contribution in [2.75, 3.05) is 6.54 Å². The number of amides is 1. The number of carboxylic acids is 1. The maximum atomic E-state index is 11.7. The number of rotatable bonds is 5. The Hall–Kier alpha value is -1.55. The summed E-state index contributed by atoms with van der Waals surface area (Å²) in [7, 11) is 0. The number of hydrogen-bond acceptors (Lipinski definition) is 2. The van der Waals surface area contributed by atoms with Crippen molar-refractivity contribution in [1.82, 2.24) is 5.32 Å². The average Bonchev–Trinajstić information content (AvgIpc) is 3.11. The maximum Gasteiger partial charge on any atom is 0.311 e. The second-order valence-corrected chi connectivity index (χ2v) is 5.04. The molecule has 2 N–H and O–H groups in total. The number of aliphatic carboxylic acids is 1. The van der Waals surface area contributed by atoms with Crippen LogP contribution >= 0.6 is 11.6 Å². The van der Waals surface area contributed by atoms with Gasteiger partial charge in [-0.25, -0.2) is 0 Å². The van der Waals surface area contributed by atoms with E-state index in [2.05, 4.69) is 5.32 Å². The van der Waals surface area contributed by atoms with Crippen LogP contribution in [0.25, 0.3) is 0 Å². The van der Waals surface area contributed by atoms with Gasteiger partial charge in [-0.2, -0.15) is 0 Å². The van der Waals surface area contributed by atoms with Crippen molar-refractivity contribution in [3.63, 3.8) is 0 Å². The molecular formula is C13H14ClNO3. The SMILES string of the molecule is O=C(Cc1ccccc1Cl)NCC1(C(=O)O)CC1. The quantitative estimate of drug-likeness (QED) is 0.856. The van der Waals surface area contributed by atoms with Crippen LogP contribution in [0, 0.1) is 5.41 Å². The molecule has 0 saturated heterocycles. The fourth-order valence-corrected chi connectivity index (χ4v) is 1.96. The summed E-state index contributed by atoms with van der Waals surface area (Å²) in [5.74, 6) is -1.03. The van der Waals surface area contributed by atoms with E-state index in [1.54, 1.807) is 18.2 Å². The Morgan fingerprint density at radius 3 is 2.56 bits per heavy atom.